The van der Waals surface area contributed by atoms with Gasteiger partial charge in [-0.15, -0.1) is 0 Å². The van der Waals surface area contributed by atoms with Crippen LogP contribution in [0.2, 0.25) is 0 Å². The topological polar surface area (TPSA) is 121 Å². The molecule has 1 amide bonds. The molecule has 6 nitrogen and oxygen atoms in total. The van der Waals surface area contributed by atoms with Crippen LogP contribution in [-0.2, 0) is 9.59 Å². The lowest BCUT2D eigenvalue weighted by Crippen LogP contribution is -2.45. The Labute approximate surface area is 62.2 Å². The van der Waals surface area contributed by atoms with Gasteiger partial charge in [0.1, 0.15) is 12.2 Å². The molecular formula is C5H9NO5. The lowest BCUT2D eigenvalue weighted by molar-refractivity contribution is -0.140. The number of hydrogen-bond acceptors (Lipinski definition) is 5. The first kappa shape index (κ1) is 10.0. The maximum atomic E-state index is 10.1. The monoisotopic (exact) mass is 163 g/mol. The molecule has 11 heavy (non-hydrogen) atoms. The fourth-order valence-electron chi connectivity index (χ4n) is 0.436. The first-order valence-corrected chi connectivity index (χ1v) is 2.79. The summed E-state index contributed by atoms with van der Waals surface area (Å²) in [4.78, 5) is 19.9. The Morgan fingerprint density at radius 3 is 2.09 bits per heavy atom. The number of nitrogens with two attached hydrogens (primary N) is 1. The van der Waals surface area contributed by atoms with Crippen molar-refractivity contribution in [1.82, 2.24) is 0 Å². The molecule has 64 valence electrons. The fraction of sp³-hybridized carbons (Fsp3) is 0.600. The van der Waals surface area contributed by atoms with E-state index in [9.17, 15) is 9.59 Å². The van der Waals surface area contributed by atoms with Crippen LogP contribution in [0.1, 0.15) is 0 Å². The zero-order valence-electron chi connectivity index (χ0n) is 5.54. The average molecular weight is 163 g/mol. The largest absolute Gasteiger partial charge is 0.387 e. The molecule has 0 aliphatic rings. The third-order valence-electron chi connectivity index (χ3n) is 1.10. The molecule has 0 aromatic rings. The number of aliphatic hydroxyl groups is 3. The highest BCUT2D eigenvalue weighted by atomic mass is 16.4. The van der Waals surface area contributed by atoms with E-state index in [0.29, 0.717) is 0 Å². The first-order chi connectivity index (χ1) is 5.00. The van der Waals surface area contributed by atoms with Crippen molar-refractivity contribution in [1.29, 1.82) is 0 Å². The molecule has 0 bridgehead atoms. The molecule has 5 N–H and O–H groups in total. The van der Waals surface area contributed by atoms with Gasteiger partial charge in [-0.25, -0.2) is 0 Å². The molecule has 0 radical (unpaired) electrons. The van der Waals surface area contributed by atoms with Gasteiger partial charge in [-0.3, -0.25) is 4.79 Å². The zero-order chi connectivity index (χ0) is 9.02. The van der Waals surface area contributed by atoms with Gasteiger partial charge in [0.25, 0.3) is 0 Å². The molecule has 0 rings (SSSR count). The number of primary amides is 1. The van der Waals surface area contributed by atoms with Gasteiger partial charge in [0.15, 0.2) is 12.4 Å². The van der Waals surface area contributed by atoms with E-state index in [1.54, 1.807) is 0 Å². The van der Waals surface area contributed by atoms with Gasteiger partial charge in [-0.05, 0) is 0 Å². The Bertz CT molecular complexity index is 159. The predicted octanol–water partition coefficient (Wildman–Crippen LogP) is -3.25. The lowest BCUT2D eigenvalue weighted by atomic mass is 10.1. The number of hydrogen-bond donors (Lipinski definition) is 4. The molecular weight excluding hydrogens is 154 g/mol. The van der Waals surface area contributed by atoms with Gasteiger partial charge in [-0.2, -0.15) is 0 Å². The number of aldehydes is 1. The second kappa shape index (κ2) is 4.02. The first-order valence-electron chi connectivity index (χ1n) is 2.79. The van der Waals surface area contributed by atoms with Crippen molar-refractivity contribution in [2.45, 2.75) is 18.3 Å². The summed E-state index contributed by atoms with van der Waals surface area (Å²) in [5.41, 5.74) is 4.55. The van der Waals surface area contributed by atoms with E-state index in [0.717, 1.165) is 0 Å². The highest BCUT2D eigenvalue weighted by Gasteiger charge is 2.27. The molecule has 0 saturated heterocycles. The van der Waals surface area contributed by atoms with Crippen LogP contribution >= 0.6 is 0 Å². The quantitative estimate of drug-likeness (QED) is 0.324. The second-order valence-electron chi connectivity index (χ2n) is 1.96. The molecule has 0 aliphatic carbocycles. The lowest BCUT2D eigenvalue weighted by Gasteiger charge is -2.15. The number of aliphatic hydroxyl groups excluding tert-OH is 3. The third-order valence-corrected chi connectivity index (χ3v) is 1.10. The van der Waals surface area contributed by atoms with E-state index < -0.39 is 24.2 Å². The van der Waals surface area contributed by atoms with E-state index in [2.05, 4.69) is 5.73 Å². The zero-order valence-corrected chi connectivity index (χ0v) is 5.54. The molecule has 0 saturated carbocycles. The van der Waals surface area contributed by atoms with Crippen molar-refractivity contribution < 1.29 is 24.9 Å². The van der Waals surface area contributed by atoms with Crippen LogP contribution in [0, 0.1) is 0 Å². The van der Waals surface area contributed by atoms with E-state index in [1.807, 2.05) is 0 Å². The molecule has 0 heterocycles. The van der Waals surface area contributed by atoms with Crippen LogP contribution in [0.15, 0.2) is 0 Å². The predicted molar refractivity (Wildman–Crippen MR) is 33.3 cm³/mol. The van der Waals surface area contributed by atoms with Gasteiger partial charge in [0.05, 0.1) is 0 Å². The summed E-state index contributed by atoms with van der Waals surface area (Å²) < 4.78 is 0. The Balaban J connectivity index is 4.11. The molecule has 0 aromatic carbocycles. The van der Waals surface area contributed by atoms with E-state index in [4.69, 9.17) is 15.3 Å². The molecule has 3 atom stereocenters. The highest BCUT2D eigenvalue weighted by Crippen LogP contribution is 1.96. The number of carbonyl (C=O) groups excluding carboxylic acids is 2. The van der Waals surface area contributed by atoms with Crippen molar-refractivity contribution in [3.8, 4) is 0 Å². The van der Waals surface area contributed by atoms with Crippen molar-refractivity contribution in [3.63, 3.8) is 0 Å². The van der Waals surface area contributed by atoms with E-state index in [1.165, 1.54) is 0 Å². The van der Waals surface area contributed by atoms with Gasteiger partial charge >= 0.3 is 0 Å². The van der Waals surface area contributed by atoms with Crippen LogP contribution in [0.5, 0.6) is 0 Å². The molecule has 0 fully saturated rings. The van der Waals surface area contributed by atoms with Crippen LogP contribution < -0.4 is 5.73 Å². The number of carbonyl (C=O) groups is 2. The van der Waals surface area contributed by atoms with Crippen LogP contribution in [-0.4, -0.2) is 45.8 Å². The maximum Gasteiger partial charge on any atom is 0.249 e. The number of amides is 1. The Hall–Kier alpha value is -0.980. The summed E-state index contributed by atoms with van der Waals surface area (Å²) in [5.74, 6) is -1.20. The fourth-order valence-corrected chi connectivity index (χ4v) is 0.436. The minimum atomic E-state index is -1.92. The van der Waals surface area contributed by atoms with Crippen LogP contribution in [0.25, 0.3) is 0 Å². The SMILES string of the molecule is NC(=O)[C@@H](O)[C@H](O)[C@@H](O)C=O. The van der Waals surface area contributed by atoms with E-state index in [-0.39, 0.29) is 6.29 Å². The Morgan fingerprint density at radius 2 is 1.82 bits per heavy atom. The van der Waals surface area contributed by atoms with E-state index >= 15 is 0 Å². The van der Waals surface area contributed by atoms with Crippen LogP contribution in [0.3, 0.4) is 0 Å². The Morgan fingerprint density at radius 1 is 1.36 bits per heavy atom. The summed E-state index contributed by atoms with van der Waals surface area (Å²) in [6.07, 6.45) is -5.57. The summed E-state index contributed by atoms with van der Waals surface area (Å²) in [5, 5.41) is 25.9. The molecule has 0 aromatic heterocycles. The van der Waals surface area contributed by atoms with Gasteiger partial charge in [0.2, 0.25) is 5.91 Å². The minimum absolute atomic E-state index is 0.00315. The maximum absolute atomic E-state index is 10.1. The normalized spacial score (nSPS) is 18.5. The average Bonchev–Trinajstić information content (AvgIpc) is 2.00. The molecule has 0 spiro atoms. The molecule has 6 heteroatoms. The van der Waals surface area contributed by atoms with Crippen molar-refractivity contribution in [2.75, 3.05) is 0 Å². The molecule has 0 aliphatic heterocycles. The minimum Gasteiger partial charge on any atom is -0.387 e. The summed E-state index contributed by atoms with van der Waals surface area (Å²) in [6, 6.07) is 0. The second-order valence-corrected chi connectivity index (χ2v) is 1.96. The van der Waals surface area contributed by atoms with Gasteiger partial charge < -0.3 is 25.8 Å². The van der Waals surface area contributed by atoms with Crippen molar-refractivity contribution in [2.24, 2.45) is 5.73 Å². The van der Waals surface area contributed by atoms with Crippen LogP contribution in [0.4, 0.5) is 0 Å². The standard InChI is InChI=1S/C5H9NO5/c6-5(11)4(10)3(9)2(8)1-7/h1-4,8-10H,(H2,6,11)/t2-,3+,4-/m0/s1. The number of rotatable bonds is 4. The van der Waals surface area contributed by atoms with Crippen molar-refractivity contribution >= 4 is 12.2 Å². The summed E-state index contributed by atoms with van der Waals surface area (Å²) >= 11 is 0. The summed E-state index contributed by atoms with van der Waals surface area (Å²) in [6.45, 7) is 0. The van der Waals surface area contributed by atoms with Crippen molar-refractivity contribution in [3.05, 3.63) is 0 Å². The van der Waals surface area contributed by atoms with Gasteiger partial charge in [-0.1, -0.05) is 0 Å². The molecule has 0 unspecified atom stereocenters. The van der Waals surface area contributed by atoms with Gasteiger partial charge in [0, 0.05) is 0 Å². The highest BCUT2D eigenvalue weighted by molar-refractivity contribution is 5.80. The summed E-state index contributed by atoms with van der Waals surface area (Å²) in [7, 11) is 0. The smallest absolute Gasteiger partial charge is 0.249 e. The Kier molecular flexibility index (Phi) is 3.66. The third kappa shape index (κ3) is 2.62.